The van der Waals surface area contributed by atoms with E-state index >= 15 is 0 Å². The van der Waals surface area contributed by atoms with Crippen LogP contribution in [0.5, 0.6) is 0 Å². The summed E-state index contributed by atoms with van der Waals surface area (Å²) in [5.74, 6) is -0.0995. The minimum absolute atomic E-state index is 0.0129. The Morgan fingerprint density at radius 3 is 2.90 bits per heavy atom. The number of fused-ring (bicyclic) bond motifs is 3. The van der Waals surface area contributed by atoms with Gasteiger partial charge in [-0.2, -0.15) is 0 Å². The highest BCUT2D eigenvalue weighted by Gasteiger charge is 2.24. The first-order valence-electron chi connectivity index (χ1n) is 10.4. The van der Waals surface area contributed by atoms with Crippen molar-refractivity contribution in [2.24, 2.45) is 0 Å². The van der Waals surface area contributed by atoms with Crippen LogP contribution in [0.3, 0.4) is 0 Å². The maximum atomic E-state index is 12.7. The number of aryl methyl sites for hydroxylation is 1. The van der Waals surface area contributed by atoms with Crippen LogP contribution < -0.4 is 16.0 Å². The number of rotatable bonds is 7. The molecule has 4 rings (SSSR count). The second kappa shape index (κ2) is 9.09. The number of benzene rings is 1. The molecule has 1 aliphatic carbocycles. The Kier molecular flexibility index (Phi) is 6.09. The zero-order valence-electron chi connectivity index (χ0n) is 17.1. The Morgan fingerprint density at radius 1 is 1.20 bits per heavy atom. The van der Waals surface area contributed by atoms with E-state index in [1.807, 2.05) is 30.3 Å². The summed E-state index contributed by atoms with van der Waals surface area (Å²) in [6.45, 7) is 3.32. The first-order chi connectivity index (χ1) is 14.6. The maximum Gasteiger partial charge on any atom is 0.251 e. The SMILES string of the molecule is CC(=O)NCCNC1CCCc2c1[nH]c1ccc(C(=O)NCc3cccnc3)cc21. The van der Waals surface area contributed by atoms with Crippen molar-refractivity contribution < 1.29 is 9.59 Å². The van der Waals surface area contributed by atoms with Gasteiger partial charge in [-0.15, -0.1) is 0 Å². The van der Waals surface area contributed by atoms with Crippen LogP contribution in [0.25, 0.3) is 10.9 Å². The third kappa shape index (κ3) is 4.52. The molecule has 1 aliphatic rings. The molecule has 1 atom stereocenters. The van der Waals surface area contributed by atoms with Crippen LogP contribution >= 0.6 is 0 Å². The fourth-order valence-corrected chi connectivity index (χ4v) is 4.08. The summed E-state index contributed by atoms with van der Waals surface area (Å²) in [5.41, 5.74) is 5.18. The normalized spacial score (nSPS) is 15.6. The van der Waals surface area contributed by atoms with Gasteiger partial charge in [0, 0.05) is 67.2 Å². The number of aromatic nitrogens is 2. The van der Waals surface area contributed by atoms with E-state index in [4.69, 9.17) is 0 Å². The molecule has 0 aliphatic heterocycles. The fourth-order valence-electron chi connectivity index (χ4n) is 4.08. The summed E-state index contributed by atoms with van der Waals surface area (Å²) in [6, 6.07) is 9.88. The van der Waals surface area contributed by atoms with E-state index in [9.17, 15) is 9.59 Å². The molecule has 156 valence electrons. The van der Waals surface area contributed by atoms with Crippen molar-refractivity contribution in [1.82, 2.24) is 25.9 Å². The van der Waals surface area contributed by atoms with E-state index in [0.29, 0.717) is 18.7 Å². The molecule has 0 fully saturated rings. The molecule has 7 heteroatoms. The molecular formula is C23H27N5O2. The average Bonchev–Trinajstić information content (AvgIpc) is 3.14. The van der Waals surface area contributed by atoms with E-state index in [1.54, 1.807) is 12.4 Å². The molecule has 0 bridgehead atoms. The van der Waals surface area contributed by atoms with Crippen molar-refractivity contribution in [3.05, 3.63) is 65.1 Å². The standard InChI is InChI=1S/C23H27N5O2/c1-15(29)25-10-11-26-21-6-2-5-18-19-12-17(7-8-20(19)28-22(18)21)23(30)27-14-16-4-3-9-24-13-16/h3-4,7-9,12-13,21,26,28H,2,5-6,10-11,14H2,1H3,(H,25,29)(H,27,30). The summed E-state index contributed by atoms with van der Waals surface area (Å²) in [7, 11) is 0. The van der Waals surface area contributed by atoms with Gasteiger partial charge in [0.25, 0.3) is 5.91 Å². The lowest BCUT2D eigenvalue weighted by atomic mass is 9.91. The van der Waals surface area contributed by atoms with Crippen LogP contribution in [0.2, 0.25) is 0 Å². The van der Waals surface area contributed by atoms with Crippen LogP contribution in [0.15, 0.2) is 42.7 Å². The molecule has 1 unspecified atom stereocenters. The molecule has 0 radical (unpaired) electrons. The number of amides is 2. The Hall–Kier alpha value is -3.19. The highest BCUT2D eigenvalue weighted by Crippen LogP contribution is 2.35. The number of hydrogen-bond donors (Lipinski definition) is 4. The molecule has 7 nitrogen and oxygen atoms in total. The van der Waals surface area contributed by atoms with Gasteiger partial charge in [0.15, 0.2) is 0 Å². The highest BCUT2D eigenvalue weighted by molar-refractivity contribution is 5.99. The maximum absolute atomic E-state index is 12.7. The van der Waals surface area contributed by atoms with Gasteiger partial charge in [0.05, 0.1) is 0 Å². The molecule has 2 amide bonds. The van der Waals surface area contributed by atoms with Gasteiger partial charge in [0.1, 0.15) is 0 Å². The number of H-pyrrole nitrogens is 1. The Labute approximate surface area is 175 Å². The van der Waals surface area contributed by atoms with Crippen LogP contribution in [-0.2, 0) is 17.8 Å². The number of hydrogen-bond acceptors (Lipinski definition) is 4. The van der Waals surface area contributed by atoms with Crippen molar-refractivity contribution in [1.29, 1.82) is 0 Å². The molecule has 2 heterocycles. The van der Waals surface area contributed by atoms with E-state index in [-0.39, 0.29) is 17.9 Å². The first-order valence-corrected chi connectivity index (χ1v) is 10.4. The summed E-state index contributed by atoms with van der Waals surface area (Å²) in [4.78, 5) is 31.3. The topological polar surface area (TPSA) is 98.9 Å². The third-order valence-corrected chi connectivity index (χ3v) is 5.53. The highest BCUT2D eigenvalue weighted by atomic mass is 16.2. The number of carbonyl (C=O) groups excluding carboxylic acids is 2. The fraction of sp³-hybridized carbons (Fsp3) is 0.348. The van der Waals surface area contributed by atoms with Crippen LogP contribution in [0, 0.1) is 0 Å². The van der Waals surface area contributed by atoms with Gasteiger partial charge >= 0.3 is 0 Å². The average molecular weight is 406 g/mol. The van der Waals surface area contributed by atoms with Crippen molar-refractivity contribution >= 4 is 22.7 Å². The summed E-state index contributed by atoms with van der Waals surface area (Å²) < 4.78 is 0. The van der Waals surface area contributed by atoms with Crippen LogP contribution in [0.1, 0.15) is 53.0 Å². The number of pyridine rings is 1. The Bertz CT molecular complexity index is 1040. The quantitative estimate of drug-likeness (QED) is 0.454. The van der Waals surface area contributed by atoms with Crippen LogP contribution in [-0.4, -0.2) is 34.9 Å². The van der Waals surface area contributed by atoms with Gasteiger partial charge < -0.3 is 20.9 Å². The molecule has 3 aromatic rings. The number of nitrogens with one attached hydrogen (secondary N) is 4. The first kappa shape index (κ1) is 20.1. The molecule has 2 aromatic heterocycles. The van der Waals surface area contributed by atoms with Crippen molar-refractivity contribution in [2.75, 3.05) is 13.1 Å². The molecule has 4 N–H and O–H groups in total. The van der Waals surface area contributed by atoms with Crippen LogP contribution in [0.4, 0.5) is 0 Å². The van der Waals surface area contributed by atoms with Gasteiger partial charge in [-0.3, -0.25) is 14.6 Å². The van der Waals surface area contributed by atoms with E-state index < -0.39 is 0 Å². The smallest absolute Gasteiger partial charge is 0.251 e. The van der Waals surface area contributed by atoms with E-state index in [2.05, 4.69) is 25.9 Å². The van der Waals surface area contributed by atoms with Gasteiger partial charge in [-0.05, 0) is 54.7 Å². The zero-order valence-corrected chi connectivity index (χ0v) is 17.1. The molecule has 30 heavy (non-hydrogen) atoms. The molecular weight excluding hydrogens is 378 g/mol. The minimum atomic E-state index is -0.0866. The molecule has 0 spiro atoms. The summed E-state index contributed by atoms with van der Waals surface area (Å²) in [6.07, 6.45) is 6.62. The predicted octanol–water partition coefficient (Wildman–Crippen LogP) is 2.60. The van der Waals surface area contributed by atoms with Gasteiger partial charge in [-0.25, -0.2) is 0 Å². The Morgan fingerprint density at radius 2 is 2.10 bits per heavy atom. The van der Waals surface area contributed by atoms with E-state index in [1.165, 1.54) is 18.2 Å². The third-order valence-electron chi connectivity index (χ3n) is 5.53. The molecule has 0 saturated heterocycles. The van der Waals surface area contributed by atoms with Crippen molar-refractivity contribution in [3.63, 3.8) is 0 Å². The minimum Gasteiger partial charge on any atom is -0.357 e. The second-order valence-electron chi connectivity index (χ2n) is 7.70. The lowest BCUT2D eigenvalue weighted by Gasteiger charge is -2.24. The lowest BCUT2D eigenvalue weighted by Crippen LogP contribution is -2.33. The lowest BCUT2D eigenvalue weighted by molar-refractivity contribution is -0.118. The Balaban J connectivity index is 1.48. The monoisotopic (exact) mass is 405 g/mol. The predicted molar refractivity (Wildman–Crippen MR) is 116 cm³/mol. The summed E-state index contributed by atoms with van der Waals surface area (Å²) in [5, 5.41) is 10.4. The van der Waals surface area contributed by atoms with Gasteiger partial charge in [0.2, 0.25) is 5.91 Å². The number of nitrogens with zero attached hydrogens (tertiary/aromatic N) is 1. The zero-order chi connectivity index (χ0) is 20.9. The van der Waals surface area contributed by atoms with Crippen molar-refractivity contribution in [2.45, 2.75) is 38.8 Å². The largest absolute Gasteiger partial charge is 0.357 e. The second-order valence-corrected chi connectivity index (χ2v) is 7.70. The number of carbonyl (C=O) groups is 2. The van der Waals surface area contributed by atoms with Gasteiger partial charge in [-0.1, -0.05) is 6.07 Å². The summed E-state index contributed by atoms with van der Waals surface area (Å²) >= 11 is 0. The molecule has 1 aromatic carbocycles. The van der Waals surface area contributed by atoms with E-state index in [0.717, 1.165) is 42.3 Å². The molecule has 0 saturated carbocycles. The number of aromatic amines is 1. The van der Waals surface area contributed by atoms with Crippen molar-refractivity contribution in [3.8, 4) is 0 Å².